The van der Waals surface area contributed by atoms with E-state index in [1.807, 2.05) is 29.5 Å². The van der Waals surface area contributed by atoms with E-state index in [1.54, 1.807) is 0 Å². The van der Waals surface area contributed by atoms with E-state index in [1.165, 1.54) is 42.1 Å². The van der Waals surface area contributed by atoms with Crippen LogP contribution >= 0.6 is 11.3 Å². The molecule has 8 aromatic carbocycles. The molecule has 10 rings (SSSR count). The van der Waals surface area contributed by atoms with Crippen molar-refractivity contribution in [2.45, 2.75) is 0 Å². The molecule has 0 radical (unpaired) electrons. The normalized spacial score (nSPS) is 12.2. The zero-order valence-electron chi connectivity index (χ0n) is 25.8. The SMILES string of the molecule is [2H]c1ccc2cc(-c3ccc(-c4c5ccccc5c(-c5cccc6sc7ccccc7c56)c5oc6ccccc6c45)cc3)ccc2c1. The highest BCUT2D eigenvalue weighted by molar-refractivity contribution is 7.25. The smallest absolute Gasteiger partial charge is 0.144 e. The number of rotatable bonds is 3. The van der Waals surface area contributed by atoms with E-state index >= 15 is 0 Å². The Bertz CT molecular complexity index is 2860. The molecule has 46 heavy (non-hydrogen) atoms. The minimum absolute atomic E-state index is 0.534. The minimum Gasteiger partial charge on any atom is -0.455 e. The van der Waals surface area contributed by atoms with Crippen molar-refractivity contribution in [3.05, 3.63) is 158 Å². The largest absolute Gasteiger partial charge is 0.455 e. The fraction of sp³-hybridized carbons (Fsp3) is 0. The van der Waals surface area contributed by atoms with E-state index in [2.05, 4.69) is 133 Å². The molecule has 0 aliphatic carbocycles. The van der Waals surface area contributed by atoms with Gasteiger partial charge in [0.05, 0.1) is 1.37 Å². The highest BCUT2D eigenvalue weighted by atomic mass is 32.1. The number of furan rings is 1. The molecule has 0 atom stereocenters. The molecule has 0 amide bonds. The van der Waals surface area contributed by atoms with Crippen LogP contribution < -0.4 is 0 Å². The number of benzene rings is 8. The average Bonchev–Trinajstić information content (AvgIpc) is 3.69. The lowest BCUT2D eigenvalue weighted by atomic mass is 9.86. The van der Waals surface area contributed by atoms with Crippen LogP contribution in [0, 0.1) is 0 Å². The molecule has 0 N–H and O–H groups in total. The highest BCUT2D eigenvalue weighted by Gasteiger charge is 2.24. The van der Waals surface area contributed by atoms with E-state index < -0.39 is 0 Å². The first-order valence-electron chi connectivity index (χ1n) is 16.1. The van der Waals surface area contributed by atoms with E-state index in [4.69, 9.17) is 5.79 Å². The number of para-hydroxylation sites is 1. The lowest BCUT2D eigenvalue weighted by Crippen LogP contribution is -1.90. The van der Waals surface area contributed by atoms with Crippen LogP contribution in [0.1, 0.15) is 1.37 Å². The van der Waals surface area contributed by atoms with Crippen LogP contribution in [-0.2, 0) is 0 Å². The van der Waals surface area contributed by atoms with Crippen molar-refractivity contribution in [1.82, 2.24) is 0 Å². The zero-order chi connectivity index (χ0) is 31.1. The van der Waals surface area contributed by atoms with E-state index in [9.17, 15) is 0 Å². The second kappa shape index (κ2) is 9.90. The first-order chi connectivity index (χ1) is 23.2. The third kappa shape index (κ3) is 3.74. The molecule has 0 saturated heterocycles. The zero-order valence-corrected chi connectivity index (χ0v) is 25.6. The molecule has 10 aromatic rings. The minimum atomic E-state index is 0.534. The Labute approximate surface area is 271 Å². The summed E-state index contributed by atoms with van der Waals surface area (Å²) in [5, 5.41) is 9.46. The third-order valence-electron chi connectivity index (χ3n) is 9.40. The molecule has 2 aromatic heterocycles. The molecule has 0 fully saturated rings. The first kappa shape index (κ1) is 24.6. The fourth-order valence-electron chi connectivity index (χ4n) is 7.33. The van der Waals surface area contributed by atoms with Crippen LogP contribution in [0.3, 0.4) is 0 Å². The van der Waals surface area contributed by atoms with Gasteiger partial charge in [-0.1, -0.05) is 133 Å². The molecule has 1 nitrogen and oxygen atoms in total. The molecular formula is C44H26OS. The lowest BCUT2D eigenvalue weighted by molar-refractivity contribution is 0.670. The van der Waals surface area contributed by atoms with Crippen molar-refractivity contribution in [2.75, 3.05) is 0 Å². The predicted octanol–water partition coefficient (Wildman–Crippen LogP) is 13.3. The molecule has 0 saturated carbocycles. The van der Waals surface area contributed by atoms with Gasteiger partial charge < -0.3 is 4.42 Å². The van der Waals surface area contributed by atoms with Crippen LogP contribution in [0.25, 0.3) is 97.0 Å². The lowest BCUT2D eigenvalue weighted by Gasteiger charge is -2.16. The Balaban J connectivity index is 1.26. The predicted molar refractivity (Wildman–Crippen MR) is 198 cm³/mol. The van der Waals surface area contributed by atoms with Crippen molar-refractivity contribution >= 4 is 75.0 Å². The quantitative estimate of drug-likeness (QED) is 0.196. The van der Waals surface area contributed by atoms with Crippen LogP contribution in [0.5, 0.6) is 0 Å². The van der Waals surface area contributed by atoms with Gasteiger partial charge in [0.15, 0.2) is 0 Å². The summed E-state index contributed by atoms with van der Waals surface area (Å²) >= 11 is 1.85. The summed E-state index contributed by atoms with van der Waals surface area (Å²) in [5.74, 6) is 0. The molecule has 0 spiro atoms. The summed E-state index contributed by atoms with van der Waals surface area (Å²) in [7, 11) is 0. The van der Waals surface area contributed by atoms with Gasteiger partial charge in [-0.15, -0.1) is 11.3 Å². The van der Waals surface area contributed by atoms with Gasteiger partial charge in [-0.2, -0.15) is 0 Å². The monoisotopic (exact) mass is 603 g/mol. The van der Waals surface area contributed by atoms with Crippen LogP contribution in [-0.4, -0.2) is 0 Å². The Hall–Kier alpha value is -5.70. The number of fused-ring (bicyclic) bond motifs is 8. The van der Waals surface area contributed by atoms with Crippen LogP contribution in [0.15, 0.2) is 162 Å². The van der Waals surface area contributed by atoms with Crippen molar-refractivity contribution < 1.29 is 5.79 Å². The second-order valence-corrected chi connectivity index (χ2v) is 13.0. The fourth-order valence-corrected chi connectivity index (χ4v) is 8.46. The summed E-state index contributed by atoms with van der Waals surface area (Å²) in [6, 6.07) is 54.4. The number of thiophene rings is 1. The van der Waals surface area contributed by atoms with Crippen LogP contribution in [0.2, 0.25) is 0 Å². The Morgan fingerprint density at radius 2 is 1.15 bits per heavy atom. The molecular weight excluding hydrogens is 577 g/mol. The summed E-state index contributed by atoms with van der Waals surface area (Å²) in [6.45, 7) is 0. The van der Waals surface area contributed by atoms with E-state index in [-0.39, 0.29) is 0 Å². The Morgan fingerprint density at radius 3 is 2.02 bits per heavy atom. The third-order valence-corrected chi connectivity index (χ3v) is 10.5. The van der Waals surface area contributed by atoms with Gasteiger partial charge in [0.2, 0.25) is 0 Å². The number of hydrogen-bond acceptors (Lipinski definition) is 2. The van der Waals surface area contributed by atoms with E-state index in [0.717, 1.165) is 55.0 Å². The van der Waals surface area contributed by atoms with Gasteiger partial charge in [0.1, 0.15) is 11.2 Å². The van der Waals surface area contributed by atoms with Gasteiger partial charge in [0.25, 0.3) is 0 Å². The standard InChI is InChI=1S/C44H26OS/c1-2-11-30-26-31(25-22-27(30)10-1)28-20-23-29(24-21-28)40-32-12-3-4-13-33(32)42(44-43(40)34-14-5-7-17-37(34)45-44)36-16-9-19-39-41(36)35-15-6-8-18-38(35)46-39/h1-26H/i1D. The maximum Gasteiger partial charge on any atom is 0.144 e. The molecule has 0 unspecified atom stereocenters. The molecule has 0 aliphatic rings. The van der Waals surface area contributed by atoms with E-state index in [0.29, 0.717) is 6.04 Å². The molecule has 2 heterocycles. The van der Waals surface area contributed by atoms with Gasteiger partial charge in [-0.3, -0.25) is 0 Å². The first-order valence-corrected chi connectivity index (χ1v) is 16.4. The number of hydrogen-bond donors (Lipinski definition) is 0. The maximum atomic E-state index is 7.97. The Morgan fingerprint density at radius 1 is 0.457 bits per heavy atom. The Kier molecular flexibility index (Phi) is 5.30. The van der Waals surface area contributed by atoms with Gasteiger partial charge in [-0.05, 0) is 68.1 Å². The topological polar surface area (TPSA) is 13.1 Å². The second-order valence-electron chi connectivity index (χ2n) is 11.9. The summed E-state index contributed by atoms with van der Waals surface area (Å²) in [6.07, 6.45) is 0. The average molecular weight is 604 g/mol. The van der Waals surface area contributed by atoms with Gasteiger partial charge >= 0.3 is 0 Å². The van der Waals surface area contributed by atoms with Gasteiger partial charge in [0, 0.05) is 42.1 Å². The van der Waals surface area contributed by atoms with Gasteiger partial charge in [-0.25, -0.2) is 0 Å². The molecule has 214 valence electrons. The molecule has 0 bridgehead atoms. The van der Waals surface area contributed by atoms with Crippen molar-refractivity contribution in [2.24, 2.45) is 0 Å². The molecule has 0 aliphatic heterocycles. The summed E-state index contributed by atoms with van der Waals surface area (Å²) in [4.78, 5) is 0. The summed E-state index contributed by atoms with van der Waals surface area (Å²) < 4.78 is 17.4. The maximum absolute atomic E-state index is 7.97. The van der Waals surface area contributed by atoms with Crippen molar-refractivity contribution in [1.29, 1.82) is 0 Å². The summed E-state index contributed by atoms with van der Waals surface area (Å²) in [5.41, 5.74) is 8.85. The van der Waals surface area contributed by atoms with Crippen molar-refractivity contribution in [3.63, 3.8) is 0 Å². The van der Waals surface area contributed by atoms with Crippen molar-refractivity contribution in [3.8, 4) is 33.4 Å². The highest BCUT2D eigenvalue weighted by Crippen LogP contribution is 2.50. The van der Waals surface area contributed by atoms with Crippen LogP contribution in [0.4, 0.5) is 0 Å². The molecule has 2 heteroatoms.